The minimum Gasteiger partial charge on any atom is -0.462 e. The third kappa shape index (κ3) is 4.19. The fraction of sp³-hybridized carbons (Fsp3) is 0.190. The summed E-state index contributed by atoms with van der Waals surface area (Å²) >= 11 is 5.95. The molecule has 0 bridgehead atoms. The van der Waals surface area contributed by atoms with E-state index in [1.54, 1.807) is 18.2 Å². The van der Waals surface area contributed by atoms with Gasteiger partial charge in [0.25, 0.3) is 0 Å². The number of pyridine rings is 1. The first-order chi connectivity index (χ1) is 12.7. The van der Waals surface area contributed by atoms with Crippen molar-refractivity contribution in [1.82, 2.24) is 4.98 Å². The van der Waals surface area contributed by atoms with E-state index in [9.17, 15) is 4.79 Å². The second kappa shape index (κ2) is 8.46. The number of benzene rings is 2. The molecule has 5 heteroatoms. The van der Waals surface area contributed by atoms with Gasteiger partial charge in [-0.05, 0) is 37.1 Å². The van der Waals surface area contributed by atoms with Crippen LogP contribution in [0.3, 0.4) is 0 Å². The standard InChI is InChI=1S/C21H17ClN2O2/c22-16-10-8-15(9-11-16)20-14-18(17-6-2-3-7-19(17)24-20)21(25)26-13-5-1-4-12-23/h2-3,6-11,14H,1,4-5,13H2. The van der Waals surface area contributed by atoms with E-state index in [0.29, 0.717) is 35.7 Å². The third-order valence-corrected chi connectivity index (χ3v) is 4.24. The van der Waals surface area contributed by atoms with Crippen LogP contribution >= 0.6 is 11.6 Å². The van der Waals surface area contributed by atoms with Gasteiger partial charge in [-0.3, -0.25) is 0 Å². The molecule has 1 heterocycles. The third-order valence-electron chi connectivity index (χ3n) is 3.99. The van der Waals surface area contributed by atoms with Crippen LogP contribution in [0.4, 0.5) is 0 Å². The monoisotopic (exact) mass is 364 g/mol. The van der Waals surface area contributed by atoms with Crippen molar-refractivity contribution < 1.29 is 9.53 Å². The Morgan fingerprint density at radius 1 is 1.12 bits per heavy atom. The lowest BCUT2D eigenvalue weighted by atomic mass is 10.0. The van der Waals surface area contributed by atoms with Crippen molar-refractivity contribution in [2.45, 2.75) is 19.3 Å². The van der Waals surface area contributed by atoms with Crippen LogP contribution in [0.2, 0.25) is 5.02 Å². The lowest BCUT2D eigenvalue weighted by molar-refractivity contribution is 0.0501. The van der Waals surface area contributed by atoms with Crippen molar-refractivity contribution in [3.05, 3.63) is 65.2 Å². The van der Waals surface area contributed by atoms with E-state index in [-0.39, 0.29) is 5.97 Å². The predicted octanol–water partition coefficient (Wildman–Crippen LogP) is 5.41. The molecule has 0 aliphatic rings. The number of rotatable bonds is 6. The summed E-state index contributed by atoms with van der Waals surface area (Å²) < 4.78 is 5.40. The van der Waals surface area contributed by atoms with E-state index in [4.69, 9.17) is 21.6 Å². The number of aromatic nitrogens is 1. The van der Waals surface area contributed by atoms with Crippen LogP contribution < -0.4 is 0 Å². The van der Waals surface area contributed by atoms with Crippen LogP contribution in [0.25, 0.3) is 22.2 Å². The number of nitrogens with zero attached hydrogens (tertiary/aromatic N) is 2. The van der Waals surface area contributed by atoms with Gasteiger partial charge >= 0.3 is 5.97 Å². The molecule has 0 N–H and O–H groups in total. The zero-order valence-corrected chi connectivity index (χ0v) is 14.9. The zero-order chi connectivity index (χ0) is 18.4. The number of nitriles is 1. The van der Waals surface area contributed by atoms with E-state index in [2.05, 4.69) is 11.1 Å². The van der Waals surface area contributed by atoms with Crippen molar-refractivity contribution in [2.75, 3.05) is 6.61 Å². The molecule has 3 rings (SSSR count). The van der Waals surface area contributed by atoms with Crippen LogP contribution in [0.5, 0.6) is 0 Å². The van der Waals surface area contributed by atoms with E-state index in [0.717, 1.165) is 22.9 Å². The highest BCUT2D eigenvalue weighted by molar-refractivity contribution is 6.30. The van der Waals surface area contributed by atoms with Gasteiger partial charge in [-0.15, -0.1) is 0 Å². The minimum atomic E-state index is -0.379. The lowest BCUT2D eigenvalue weighted by Gasteiger charge is -2.10. The van der Waals surface area contributed by atoms with Crippen LogP contribution in [0.15, 0.2) is 54.6 Å². The Hall–Kier alpha value is -2.90. The molecule has 0 spiro atoms. The summed E-state index contributed by atoms with van der Waals surface area (Å²) in [6, 6.07) is 18.7. The first-order valence-corrected chi connectivity index (χ1v) is 8.76. The number of unbranched alkanes of at least 4 members (excludes halogenated alkanes) is 2. The summed E-state index contributed by atoms with van der Waals surface area (Å²) in [5, 5.41) is 9.96. The summed E-state index contributed by atoms with van der Waals surface area (Å²) in [4.78, 5) is 17.2. The fourth-order valence-electron chi connectivity index (χ4n) is 2.66. The number of hydrogen-bond acceptors (Lipinski definition) is 4. The van der Waals surface area contributed by atoms with Crippen molar-refractivity contribution in [3.8, 4) is 17.3 Å². The zero-order valence-electron chi connectivity index (χ0n) is 14.1. The number of halogens is 1. The number of hydrogen-bond donors (Lipinski definition) is 0. The summed E-state index contributed by atoms with van der Waals surface area (Å²) in [5.41, 5.74) is 2.79. The molecule has 1 aromatic heterocycles. The van der Waals surface area contributed by atoms with E-state index >= 15 is 0 Å². The summed E-state index contributed by atoms with van der Waals surface area (Å²) in [7, 11) is 0. The summed E-state index contributed by atoms with van der Waals surface area (Å²) in [6.07, 6.45) is 1.86. The maximum Gasteiger partial charge on any atom is 0.338 e. The first kappa shape index (κ1) is 17.9. The maximum absolute atomic E-state index is 12.6. The molecule has 0 fully saturated rings. The SMILES string of the molecule is N#CCCCCOC(=O)c1cc(-c2ccc(Cl)cc2)nc2ccccc12. The van der Waals surface area contributed by atoms with Gasteiger partial charge in [0.15, 0.2) is 0 Å². The molecule has 0 saturated carbocycles. The lowest BCUT2D eigenvalue weighted by Crippen LogP contribution is -2.08. The van der Waals surface area contributed by atoms with E-state index < -0.39 is 0 Å². The number of para-hydroxylation sites is 1. The predicted molar refractivity (Wildman–Crippen MR) is 102 cm³/mol. The van der Waals surface area contributed by atoms with Crippen molar-refractivity contribution in [2.24, 2.45) is 0 Å². The van der Waals surface area contributed by atoms with Crippen molar-refractivity contribution in [3.63, 3.8) is 0 Å². The highest BCUT2D eigenvalue weighted by atomic mass is 35.5. The summed E-state index contributed by atoms with van der Waals surface area (Å²) in [6.45, 7) is 0.299. The van der Waals surface area contributed by atoms with Gasteiger partial charge in [-0.1, -0.05) is 41.9 Å². The Balaban J connectivity index is 1.91. The molecule has 0 aliphatic carbocycles. The smallest absolute Gasteiger partial charge is 0.338 e. The Kier molecular flexibility index (Phi) is 5.83. The molecule has 0 aliphatic heterocycles. The average molecular weight is 365 g/mol. The molecule has 0 atom stereocenters. The number of carbonyl (C=O) groups is 1. The van der Waals surface area contributed by atoms with E-state index in [1.165, 1.54) is 0 Å². The second-order valence-corrected chi connectivity index (χ2v) is 6.27. The number of ether oxygens (including phenoxy) is 1. The largest absolute Gasteiger partial charge is 0.462 e. The van der Waals surface area contributed by atoms with Gasteiger partial charge in [-0.2, -0.15) is 5.26 Å². The van der Waals surface area contributed by atoms with Gasteiger partial charge in [0.05, 0.1) is 29.5 Å². The van der Waals surface area contributed by atoms with E-state index in [1.807, 2.05) is 36.4 Å². The molecule has 2 aromatic carbocycles. The Morgan fingerprint density at radius 3 is 2.65 bits per heavy atom. The molecule has 26 heavy (non-hydrogen) atoms. The van der Waals surface area contributed by atoms with Gasteiger partial charge in [0, 0.05) is 22.4 Å². The Labute approximate surface area is 157 Å². The molecule has 0 unspecified atom stereocenters. The van der Waals surface area contributed by atoms with Crippen molar-refractivity contribution >= 4 is 28.5 Å². The average Bonchev–Trinajstić information content (AvgIpc) is 2.67. The van der Waals surface area contributed by atoms with Crippen LogP contribution in [-0.4, -0.2) is 17.6 Å². The molecule has 4 nitrogen and oxygen atoms in total. The summed E-state index contributed by atoms with van der Waals surface area (Å²) in [5.74, 6) is -0.379. The molecular weight excluding hydrogens is 348 g/mol. The maximum atomic E-state index is 12.6. The van der Waals surface area contributed by atoms with Crippen LogP contribution in [0.1, 0.15) is 29.6 Å². The van der Waals surface area contributed by atoms with Gasteiger partial charge in [0.1, 0.15) is 0 Å². The molecule has 0 amide bonds. The molecule has 130 valence electrons. The molecular formula is C21H17ClN2O2. The highest BCUT2D eigenvalue weighted by Crippen LogP contribution is 2.26. The topological polar surface area (TPSA) is 63.0 Å². The van der Waals surface area contributed by atoms with Crippen LogP contribution in [0, 0.1) is 11.3 Å². The van der Waals surface area contributed by atoms with Crippen LogP contribution in [-0.2, 0) is 4.74 Å². The van der Waals surface area contributed by atoms with Crippen molar-refractivity contribution in [1.29, 1.82) is 5.26 Å². The minimum absolute atomic E-state index is 0.299. The first-order valence-electron chi connectivity index (χ1n) is 8.39. The number of esters is 1. The second-order valence-electron chi connectivity index (χ2n) is 5.83. The normalized spacial score (nSPS) is 10.5. The van der Waals surface area contributed by atoms with Gasteiger partial charge in [0.2, 0.25) is 0 Å². The number of carbonyl (C=O) groups excluding carboxylic acids is 1. The van der Waals surface area contributed by atoms with Gasteiger partial charge < -0.3 is 4.74 Å². The quantitative estimate of drug-likeness (QED) is 0.433. The fourth-order valence-corrected chi connectivity index (χ4v) is 2.79. The molecule has 3 aromatic rings. The number of fused-ring (bicyclic) bond motifs is 1. The Bertz CT molecular complexity index is 962. The Morgan fingerprint density at radius 2 is 1.88 bits per heavy atom. The molecule has 0 saturated heterocycles. The molecule has 0 radical (unpaired) electrons. The highest BCUT2D eigenvalue weighted by Gasteiger charge is 2.15. The van der Waals surface area contributed by atoms with Gasteiger partial charge in [-0.25, -0.2) is 9.78 Å².